The second-order valence-corrected chi connectivity index (χ2v) is 12.7. The molecule has 9 nitrogen and oxygen atoms in total. The Morgan fingerprint density at radius 1 is 1.23 bits per heavy atom. The minimum Gasteiger partial charge on any atom is -0.462 e. The molecule has 4 heterocycles. The number of hydrogen-bond donors (Lipinski definition) is 1. The van der Waals surface area contributed by atoms with Crippen molar-refractivity contribution in [2.75, 3.05) is 51.0 Å². The number of hydrogen-bond acceptors (Lipinski definition) is 9. The molecule has 6 rings (SSSR count). The average Bonchev–Trinajstić information content (AvgIpc) is 3.72. The summed E-state index contributed by atoms with van der Waals surface area (Å²) < 4.78 is 109. The Morgan fingerprint density at radius 2 is 1.98 bits per heavy atom. The number of nitrogens with two attached hydrogens (primary N) is 1. The van der Waals surface area contributed by atoms with Crippen LogP contribution in [-0.4, -0.2) is 89.0 Å². The van der Waals surface area contributed by atoms with Gasteiger partial charge in [-0.25, -0.2) is 22.5 Å². The molecule has 2 N–H and O–H groups in total. The number of aromatic nitrogens is 3. The molecule has 2 aliphatic rings. The second-order valence-electron chi connectivity index (χ2n) is 11.6. The van der Waals surface area contributed by atoms with Gasteiger partial charge in [0, 0.05) is 55.2 Å². The van der Waals surface area contributed by atoms with Gasteiger partial charge in [0.05, 0.1) is 22.3 Å². The van der Waals surface area contributed by atoms with Crippen molar-refractivity contribution < 1.29 is 40.3 Å². The summed E-state index contributed by atoms with van der Waals surface area (Å²) >= 11 is 0.700. The first-order chi connectivity index (χ1) is 22.1. The van der Waals surface area contributed by atoms with Crippen molar-refractivity contribution in [3.05, 3.63) is 48.1 Å². The average molecular weight is 684 g/mol. The summed E-state index contributed by atoms with van der Waals surface area (Å²) in [4.78, 5) is 29.1. The smallest absolute Gasteiger partial charge is 0.417 e. The van der Waals surface area contributed by atoms with Crippen molar-refractivity contribution in [2.45, 2.75) is 37.0 Å². The quantitative estimate of drug-likeness (QED) is 0.195. The van der Waals surface area contributed by atoms with Crippen LogP contribution in [0, 0.1) is 11.6 Å². The predicted molar refractivity (Wildman–Crippen MR) is 163 cm³/mol. The number of nitrogens with zero attached hydrogens (tertiary/aromatic N) is 6. The number of amides is 1. The van der Waals surface area contributed by atoms with E-state index < -0.39 is 71.4 Å². The van der Waals surface area contributed by atoms with Gasteiger partial charge < -0.3 is 20.3 Å². The molecule has 0 spiro atoms. The lowest BCUT2D eigenvalue weighted by Crippen LogP contribution is -2.37. The molecular formula is C30H28F7N7O2S. The number of halogens is 7. The first-order valence-corrected chi connectivity index (χ1v) is 15.2. The monoisotopic (exact) mass is 683 g/mol. The molecule has 0 radical (unpaired) electrons. The topological polar surface area (TPSA) is 101 Å². The highest BCUT2D eigenvalue weighted by Gasteiger charge is 2.44. The van der Waals surface area contributed by atoms with Gasteiger partial charge in [0.15, 0.2) is 10.9 Å². The van der Waals surface area contributed by atoms with E-state index >= 15 is 4.39 Å². The molecular weight excluding hydrogens is 655 g/mol. The first-order valence-electron chi connectivity index (χ1n) is 14.4. The van der Waals surface area contributed by atoms with Crippen LogP contribution in [0.3, 0.4) is 0 Å². The molecule has 4 aromatic rings. The molecule has 2 aliphatic heterocycles. The van der Waals surface area contributed by atoms with Crippen molar-refractivity contribution in [1.82, 2.24) is 24.8 Å². The van der Waals surface area contributed by atoms with Gasteiger partial charge in [0.25, 0.3) is 5.92 Å². The highest BCUT2D eigenvalue weighted by molar-refractivity contribution is 7.22. The largest absolute Gasteiger partial charge is 0.462 e. The lowest BCUT2D eigenvalue weighted by molar-refractivity contribution is -0.137. The van der Waals surface area contributed by atoms with Crippen LogP contribution in [0.2, 0.25) is 0 Å². The van der Waals surface area contributed by atoms with Gasteiger partial charge in [0.1, 0.15) is 23.8 Å². The van der Waals surface area contributed by atoms with Gasteiger partial charge in [-0.15, -0.1) is 0 Å². The number of rotatable bonds is 7. The Kier molecular flexibility index (Phi) is 8.18. The Labute approximate surface area is 267 Å². The number of likely N-dealkylation sites (tertiary alicyclic amines) is 2. The minimum absolute atomic E-state index is 0.133. The zero-order valence-corrected chi connectivity index (χ0v) is 25.9. The zero-order chi connectivity index (χ0) is 34.0. The lowest BCUT2D eigenvalue weighted by Gasteiger charge is -2.28. The number of anilines is 2. The molecule has 0 aliphatic carbocycles. The summed E-state index contributed by atoms with van der Waals surface area (Å²) in [6, 6.07) is 0.956. The Bertz CT molecular complexity index is 1900. The highest BCUT2D eigenvalue weighted by atomic mass is 32.1. The maximum Gasteiger partial charge on any atom is 0.417 e. The van der Waals surface area contributed by atoms with Crippen LogP contribution in [-0.2, 0) is 11.0 Å². The standard InChI is InChI=1S/C30H28F7N7O2S/c1-4-20(45)44-8-7-14(11-44)43(3)26-17-9-18(30(35,36)37)21(16-5-6-19(31)25-24(16)39-27(38)47-25)22(32)23(17)40-28(41-26)46-12-15-10-29(33,34)13-42(15)2/h4-6,9,14-15H,1,7-8,10-13H2,2-3H3,(H2,38,39)/t14-,15+/m1/s1. The van der Waals surface area contributed by atoms with E-state index in [1.165, 1.54) is 28.8 Å². The number of fused-ring (bicyclic) bond motifs is 2. The molecule has 2 aromatic heterocycles. The molecule has 0 bridgehead atoms. The Balaban J connectivity index is 1.54. The summed E-state index contributed by atoms with van der Waals surface area (Å²) in [6.07, 6.45) is -4.06. The number of alkyl halides is 5. The summed E-state index contributed by atoms with van der Waals surface area (Å²) in [7, 11) is 3.02. The number of likely N-dealkylation sites (N-methyl/N-ethyl adjacent to an activating group) is 2. The molecule has 2 aromatic carbocycles. The van der Waals surface area contributed by atoms with E-state index in [4.69, 9.17) is 10.5 Å². The van der Waals surface area contributed by atoms with Crippen LogP contribution in [0.5, 0.6) is 6.01 Å². The predicted octanol–water partition coefficient (Wildman–Crippen LogP) is 5.73. The summed E-state index contributed by atoms with van der Waals surface area (Å²) in [5, 5.41) is -0.450. The van der Waals surface area contributed by atoms with E-state index in [-0.39, 0.29) is 51.2 Å². The zero-order valence-electron chi connectivity index (χ0n) is 25.0. The van der Waals surface area contributed by atoms with Crippen LogP contribution in [0.1, 0.15) is 18.4 Å². The fraction of sp³-hybridized carbons (Fsp3) is 0.400. The number of ether oxygens (including phenoxy) is 1. The molecule has 2 fully saturated rings. The maximum atomic E-state index is 16.7. The maximum absolute atomic E-state index is 16.7. The summed E-state index contributed by atoms with van der Waals surface area (Å²) in [5.74, 6) is -5.62. The van der Waals surface area contributed by atoms with Crippen molar-refractivity contribution in [2.24, 2.45) is 0 Å². The normalized spacial score (nSPS) is 20.0. The van der Waals surface area contributed by atoms with E-state index in [0.717, 1.165) is 18.2 Å². The van der Waals surface area contributed by atoms with E-state index in [2.05, 4.69) is 21.5 Å². The van der Waals surface area contributed by atoms with Crippen molar-refractivity contribution in [3.63, 3.8) is 0 Å². The van der Waals surface area contributed by atoms with Crippen LogP contribution >= 0.6 is 11.3 Å². The van der Waals surface area contributed by atoms with Gasteiger partial charge in [-0.3, -0.25) is 9.69 Å². The Morgan fingerprint density at radius 3 is 2.64 bits per heavy atom. The SMILES string of the molecule is C=CC(=O)N1CC[C@@H](N(C)c2nc(OC[C@@H]3CC(F)(F)CN3C)nc3c(F)c(-c4ccc(F)c5sc(N)nc45)c(C(F)(F)F)cc23)C1. The van der Waals surface area contributed by atoms with Gasteiger partial charge in [0.2, 0.25) is 5.91 Å². The number of carbonyl (C=O) groups is 1. The third-order valence-corrected chi connectivity index (χ3v) is 9.44. The van der Waals surface area contributed by atoms with E-state index in [0.29, 0.717) is 30.4 Å². The number of thiazole rings is 1. The van der Waals surface area contributed by atoms with Crippen LogP contribution < -0.4 is 15.4 Å². The first kappa shape index (κ1) is 32.7. The fourth-order valence-electron chi connectivity index (χ4n) is 6.18. The van der Waals surface area contributed by atoms with Crippen molar-refractivity contribution in [1.29, 1.82) is 0 Å². The fourth-order valence-corrected chi connectivity index (χ4v) is 6.95. The van der Waals surface area contributed by atoms with E-state index in [9.17, 15) is 31.1 Å². The summed E-state index contributed by atoms with van der Waals surface area (Å²) in [5.41, 5.74) is 2.24. The number of carbonyl (C=O) groups excluding carboxylic acids is 1. The third kappa shape index (κ3) is 6.01. The minimum atomic E-state index is -5.10. The molecule has 17 heteroatoms. The van der Waals surface area contributed by atoms with Crippen molar-refractivity contribution >= 4 is 49.3 Å². The lowest BCUT2D eigenvalue weighted by atomic mass is 9.95. The number of nitrogen functional groups attached to an aromatic ring is 1. The van der Waals surface area contributed by atoms with Crippen molar-refractivity contribution in [3.8, 4) is 17.1 Å². The second kappa shape index (κ2) is 11.8. The van der Waals surface area contributed by atoms with Crippen LogP contribution in [0.15, 0.2) is 30.9 Å². The van der Waals surface area contributed by atoms with Gasteiger partial charge in [-0.05, 0) is 37.7 Å². The van der Waals surface area contributed by atoms with Crippen LogP contribution in [0.25, 0.3) is 32.2 Å². The van der Waals surface area contributed by atoms with E-state index in [1.54, 1.807) is 0 Å². The molecule has 250 valence electrons. The third-order valence-electron chi connectivity index (χ3n) is 8.55. The number of benzene rings is 2. The molecule has 2 saturated heterocycles. The molecule has 47 heavy (non-hydrogen) atoms. The van der Waals surface area contributed by atoms with Gasteiger partial charge in [-0.1, -0.05) is 17.9 Å². The molecule has 1 amide bonds. The Hall–Kier alpha value is -4.25. The highest BCUT2D eigenvalue weighted by Crippen LogP contribution is 2.46. The van der Waals surface area contributed by atoms with Gasteiger partial charge >= 0.3 is 12.2 Å². The molecule has 0 unspecified atom stereocenters. The van der Waals surface area contributed by atoms with Gasteiger partial charge in [-0.2, -0.15) is 23.1 Å². The van der Waals surface area contributed by atoms with Crippen LogP contribution in [0.4, 0.5) is 41.7 Å². The van der Waals surface area contributed by atoms with E-state index in [1.807, 2.05) is 0 Å². The summed E-state index contributed by atoms with van der Waals surface area (Å²) in [6.45, 7) is 3.18. The molecule has 2 atom stereocenters. The molecule has 0 saturated carbocycles.